The van der Waals surface area contributed by atoms with Gasteiger partial charge in [-0.1, -0.05) is 30.3 Å². The average molecular weight is 575 g/mol. The first-order valence-corrected chi connectivity index (χ1v) is 11.6. The summed E-state index contributed by atoms with van der Waals surface area (Å²) in [5.74, 6) is 1.78. The van der Waals surface area contributed by atoms with Gasteiger partial charge in [0.05, 0.1) is 24.2 Å². The van der Waals surface area contributed by atoms with Crippen molar-refractivity contribution in [3.05, 3.63) is 72.1 Å². The highest BCUT2D eigenvalue weighted by Crippen LogP contribution is 2.30. The first-order chi connectivity index (χ1) is 16.2. The van der Waals surface area contributed by atoms with Crippen LogP contribution in [0.3, 0.4) is 0 Å². The minimum absolute atomic E-state index is 0. The molecule has 1 aliphatic heterocycles. The van der Waals surface area contributed by atoms with Crippen LogP contribution in [-0.4, -0.2) is 55.6 Å². The molecule has 1 aromatic heterocycles. The van der Waals surface area contributed by atoms with Crippen LogP contribution in [0.4, 0.5) is 5.69 Å². The minimum Gasteiger partial charge on any atom is -0.495 e. The lowest BCUT2D eigenvalue weighted by atomic mass is 10.1. The molecule has 3 aromatic rings. The zero-order chi connectivity index (χ0) is 23.0. The smallest absolute Gasteiger partial charge is 0.191 e. The third-order valence-corrected chi connectivity index (χ3v) is 6.12. The number of aryl methyl sites for hydroxylation is 2. The molecule has 0 saturated carbocycles. The van der Waals surface area contributed by atoms with E-state index in [2.05, 4.69) is 63.0 Å². The van der Waals surface area contributed by atoms with Crippen molar-refractivity contribution < 1.29 is 4.74 Å². The number of methoxy groups -OCH3 is 1. The predicted octanol–water partition coefficient (Wildman–Crippen LogP) is 4.18. The standard InChI is InChI=1S/C26H34N6O.HI/c1-20-21(18-32(30-20)23-11-5-4-6-12-23)10-9-16-28-26(27-2)29-22-15-17-31(19-22)24-13-7-8-14-25(24)33-3;/h4-8,11-14,18,22H,9-10,15-17,19H2,1-3H3,(H2,27,28,29);1H. The number of guanidine groups is 1. The maximum Gasteiger partial charge on any atom is 0.191 e. The summed E-state index contributed by atoms with van der Waals surface area (Å²) in [4.78, 5) is 6.80. The summed E-state index contributed by atoms with van der Waals surface area (Å²) in [6.07, 6.45) is 5.20. The molecule has 2 N–H and O–H groups in total. The maximum atomic E-state index is 5.53. The van der Waals surface area contributed by atoms with Crippen molar-refractivity contribution in [3.8, 4) is 11.4 Å². The van der Waals surface area contributed by atoms with Crippen molar-refractivity contribution in [1.29, 1.82) is 0 Å². The van der Waals surface area contributed by atoms with E-state index in [0.717, 1.165) is 67.7 Å². The molecule has 7 nitrogen and oxygen atoms in total. The lowest BCUT2D eigenvalue weighted by Gasteiger charge is -2.22. The Kier molecular flexibility index (Phi) is 9.62. The second kappa shape index (κ2) is 12.6. The second-order valence-electron chi connectivity index (χ2n) is 8.37. The summed E-state index contributed by atoms with van der Waals surface area (Å²) in [5, 5.41) is 11.7. The lowest BCUT2D eigenvalue weighted by molar-refractivity contribution is 0.415. The second-order valence-corrected chi connectivity index (χ2v) is 8.37. The van der Waals surface area contributed by atoms with Gasteiger partial charge in [-0.25, -0.2) is 4.68 Å². The Morgan fingerprint density at radius 2 is 1.91 bits per heavy atom. The van der Waals surface area contributed by atoms with Gasteiger partial charge in [0.2, 0.25) is 0 Å². The number of rotatable bonds is 8. The summed E-state index contributed by atoms with van der Waals surface area (Å²) in [7, 11) is 3.56. The Morgan fingerprint density at radius 1 is 1.15 bits per heavy atom. The van der Waals surface area contributed by atoms with E-state index in [-0.39, 0.29) is 24.0 Å². The largest absolute Gasteiger partial charge is 0.495 e. The molecule has 1 saturated heterocycles. The van der Waals surface area contributed by atoms with E-state index in [1.54, 1.807) is 7.11 Å². The first-order valence-electron chi connectivity index (χ1n) is 11.6. The Balaban J connectivity index is 0.00000324. The van der Waals surface area contributed by atoms with Crippen LogP contribution < -0.4 is 20.3 Å². The van der Waals surface area contributed by atoms with Crippen molar-refractivity contribution in [2.75, 3.05) is 38.7 Å². The highest BCUT2D eigenvalue weighted by molar-refractivity contribution is 14.0. The average Bonchev–Trinajstić information content (AvgIpc) is 3.48. The molecule has 0 bridgehead atoms. The normalized spacial score (nSPS) is 15.7. The first kappa shape index (κ1) is 25.9. The highest BCUT2D eigenvalue weighted by atomic mass is 127. The molecule has 2 heterocycles. The highest BCUT2D eigenvalue weighted by Gasteiger charge is 2.25. The van der Waals surface area contributed by atoms with E-state index in [0.29, 0.717) is 6.04 Å². The molecular weight excluding hydrogens is 539 g/mol. The van der Waals surface area contributed by atoms with Crippen LogP contribution >= 0.6 is 24.0 Å². The van der Waals surface area contributed by atoms with Crippen LogP contribution in [0.15, 0.2) is 65.8 Å². The summed E-state index contributed by atoms with van der Waals surface area (Å²) < 4.78 is 7.49. The molecule has 0 radical (unpaired) electrons. The summed E-state index contributed by atoms with van der Waals surface area (Å²) in [5.41, 5.74) is 4.61. The number of aliphatic imine (C=N–C) groups is 1. The number of nitrogens with one attached hydrogen (secondary N) is 2. The van der Waals surface area contributed by atoms with E-state index in [1.165, 1.54) is 5.56 Å². The Labute approximate surface area is 219 Å². The van der Waals surface area contributed by atoms with Crippen LogP contribution in [0.2, 0.25) is 0 Å². The fourth-order valence-corrected chi connectivity index (χ4v) is 4.32. The number of nitrogens with zero attached hydrogens (tertiary/aromatic N) is 4. The summed E-state index contributed by atoms with van der Waals surface area (Å²) in [6.45, 7) is 4.87. The van der Waals surface area contributed by atoms with Gasteiger partial charge in [-0.2, -0.15) is 5.10 Å². The number of benzene rings is 2. The Bertz CT molecular complexity index is 1070. The number of halogens is 1. The zero-order valence-corrected chi connectivity index (χ0v) is 22.5. The van der Waals surface area contributed by atoms with Crippen LogP contribution in [0, 0.1) is 6.92 Å². The SMILES string of the molecule is CN=C(NCCCc1cn(-c2ccccc2)nc1C)NC1CCN(c2ccccc2OC)C1.I. The molecule has 0 amide bonds. The van der Waals surface area contributed by atoms with Gasteiger partial charge in [0.15, 0.2) is 5.96 Å². The summed E-state index contributed by atoms with van der Waals surface area (Å²) >= 11 is 0. The van der Waals surface area contributed by atoms with Gasteiger partial charge in [-0.3, -0.25) is 4.99 Å². The maximum absolute atomic E-state index is 5.53. The van der Waals surface area contributed by atoms with Gasteiger partial charge in [0, 0.05) is 38.9 Å². The quantitative estimate of drug-likeness (QED) is 0.183. The molecule has 2 aromatic carbocycles. The van der Waals surface area contributed by atoms with Crippen molar-refractivity contribution in [1.82, 2.24) is 20.4 Å². The number of anilines is 1. The topological polar surface area (TPSA) is 66.7 Å². The monoisotopic (exact) mass is 574 g/mol. The van der Waals surface area contributed by atoms with E-state index < -0.39 is 0 Å². The number of aromatic nitrogens is 2. The minimum atomic E-state index is 0. The lowest BCUT2D eigenvalue weighted by Crippen LogP contribution is -2.44. The molecule has 0 spiro atoms. The number of ether oxygens (including phenoxy) is 1. The fraction of sp³-hybridized carbons (Fsp3) is 0.385. The van der Waals surface area contributed by atoms with Gasteiger partial charge >= 0.3 is 0 Å². The van der Waals surface area contributed by atoms with Gasteiger partial charge in [0.25, 0.3) is 0 Å². The molecular formula is C26H35IN6O. The van der Waals surface area contributed by atoms with Crippen LogP contribution in [0.1, 0.15) is 24.1 Å². The van der Waals surface area contributed by atoms with Crippen LogP contribution in [0.5, 0.6) is 5.75 Å². The molecule has 8 heteroatoms. The summed E-state index contributed by atoms with van der Waals surface area (Å²) in [6, 6.07) is 18.8. The van der Waals surface area contributed by atoms with Crippen LogP contribution in [-0.2, 0) is 6.42 Å². The molecule has 4 rings (SSSR count). The van der Waals surface area contributed by atoms with Crippen molar-refractivity contribution in [2.24, 2.45) is 4.99 Å². The Morgan fingerprint density at radius 3 is 2.68 bits per heavy atom. The molecule has 182 valence electrons. The third kappa shape index (κ3) is 6.43. The molecule has 1 aliphatic rings. The zero-order valence-electron chi connectivity index (χ0n) is 20.2. The van der Waals surface area contributed by atoms with Gasteiger partial charge in [-0.15, -0.1) is 24.0 Å². The predicted molar refractivity (Wildman–Crippen MR) is 150 cm³/mol. The molecule has 34 heavy (non-hydrogen) atoms. The molecule has 0 aliphatic carbocycles. The van der Waals surface area contributed by atoms with Gasteiger partial charge in [0.1, 0.15) is 5.75 Å². The third-order valence-electron chi connectivity index (χ3n) is 6.12. The van der Waals surface area contributed by atoms with E-state index in [1.807, 2.05) is 42.1 Å². The number of hydrogen-bond acceptors (Lipinski definition) is 4. The van der Waals surface area contributed by atoms with E-state index in [4.69, 9.17) is 4.74 Å². The Hall–Kier alpha value is -2.75. The van der Waals surface area contributed by atoms with Crippen LogP contribution in [0.25, 0.3) is 5.69 Å². The van der Waals surface area contributed by atoms with Crippen molar-refractivity contribution in [3.63, 3.8) is 0 Å². The number of para-hydroxylation sites is 3. The fourth-order valence-electron chi connectivity index (χ4n) is 4.32. The van der Waals surface area contributed by atoms with Crippen molar-refractivity contribution in [2.45, 2.75) is 32.2 Å². The number of hydrogen-bond donors (Lipinski definition) is 2. The van der Waals surface area contributed by atoms with Crippen molar-refractivity contribution >= 4 is 35.6 Å². The molecule has 1 atom stereocenters. The molecule has 1 unspecified atom stereocenters. The van der Waals surface area contributed by atoms with E-state index in [9.17, 15) is 0 Å². The molecule has 1 fully saturated rings. The van der Waals surface area contributed by atoms with Gasteiger partial charge < -0.3 is 20.3 Å². The van der Waals surface area contributed by atoms with Gasteiger partial charge in [-0.05, 0) is 56.0 Å². The van der Waals surface area contributed by atoms with E-state index >= 15 is 0 Å².